The molecule has 0 bridgehead atoms. The molecule has 0 fully saturated rings. The monoisotopic (exact) mass is 211 g/mol. The summed E-state index contributed by atoms with van der Waals surface area (Å²) < 4.78 is 10.1. The van der Waals surface area contributed by atoms with E-state index in [0.29, 0.717) is 17.2 Å². The standard InChI is InChI=1S/C10H13NO4/c1-6-4-8(14-2)9(15-3)5-7(6)11-10(12)13/h4-5,11H,1-3H3,(H,12,13). The summed E-state index contributed by atoms with van der Waals surface area (Å²) in [7, 11) is 3.03. The van der Waals surface area contributed by atoms with E-state index in [4.69, 9.17) is 14.6 Å². The molecule has 0 spiro atoms. The van der Waals surface area contributed by atoms with E-state index < -0.39 is 6.09 Å². The number of hydrogen-bond acceptors (Lipinski definition) is 3. The lowest BCUT2D eigenvalue weighted by molar-refractivity contribution is 0.209. The Kier molecular flexibility index (Phi) is 3.38. The number of hydrogen-bond donors (Lipinski definition) is 2. The fraction of sp³-hybridized carbons (Fsp3) is 0.300. The molecule has 1 amide bonds. The summed E-state index contributed by atoms with van der Waals surface area (Å²) in [5.74, 6) is 1.07. The molecule has 0 aliphatic carbocycles. The van der Waals surface area contributed by atoms with Gasteiger partial charge in [-0.05, 0) is 18.6 Å². The van der Waals surface area contributed by atoms with Gasteiger partial charge in [-0.15, -0.1) is 0 Å². The molecule has 0 aliphatic heterocycles. The fourth-order valence-corrected chi connectivity index (χ4v) is 1.23. The van der Waals surface area contributed by atoms with Gasteiger partial charge in [-0.3, -0.25) is 5.32 Å². The topological polar surface area (TPSA) is 67.8 Å². The molecule has 0 unspecified atom stereocenters. The van der Waals surface area contributed by atoms with Crippen molar-refractivity contribution in [3.05, 3.63) is 17.7 Å². The highest BCUT2D eigenvalue weighted by atomic mass is 16.5. The Morgan fingerprint density at radius 3 is 2.27 bits per heavy atom. The minimum Gasteiger partial charge on any atom is -0.493 e. The number of rotatable bonds is 3. The van der Waals surface area contributed by atoms with Crippen LogP contribution in [0.3, 0.4) is 0 Å². The summed E-state index contributed by atoms with van der Waals surface area (Å²) in [4.78, 5) is 10.5. The predicted octanol–water partition coefficient (Wildman–Crippen LogP) is 2.10. The molecule has 0 saturated carbocycles. The second kappa shape index (κ2) is 4.54. The highest BCUT2D eigenvalue weighted by Gasteiger charge is 2.09. The van der Waals surface area contributed by atoms with Crippen molar-refractivity contribution in [3.63, 3.8) is 0 Å². The van der Waals surface area contributed by atoms with Crippen molar-refractivity contribution < 1.29 is 19.4 Å². The first-order chi connectivity index (χ1) is 7.08. The summed E-state index contributed by atoms with van der Waals surface area (Å²) in [6.07, 6.45) is -1.11. The summed E-state index contributed by atoms with van der Waals surface area (Å²) in [5.41, 5.74) is 1.26. The van der Waals surface area contributed by atoms with Crippen molar-refractivity contribution in [2.45, 2.75) is 6.92 Å². The van der Waals surface area contributed by atoms with E-state index in [1.807, 2.05) is 0 Å². The Balaban J connectivity index is 3.13. The van der Waals surface area contributed by atoms with E-state index in [9.17, 15) is 4.79 Å². The van der Waals surface area contributed by atoms with Crippen molar-refractivity contribution in [1.82, 2.24) is 0 Å². The van der Waals surface area contributed by atoms with Crippen LogP contribution in [0.25, 0.3) is 0 Å². The van der Waals surface area contributed by atoms with Crippen LogP contribution in [-0.2, 0) is 0 Å². The number of methoxy groups -OCH3 is 2. The fourth-order valence-electron chi connectivity index (χ4n) is 1.23. The van der Waals surface area contributed by atoms with Crippen LogP contribution < -0.4 is 14.8 Å². The average molecular weight is 211 g/mol. The maximum Gasteiger partial charge on any atom is 0.409 e. The van der Waals surface area contributed by atoms with Gasteiger partial charge in [-0.1, -0.05) is 0 Å². The molecule has 5 heteroatoms. The zero-order valence-corrected chi connectivity index (χ0v) is 8.83. The Morgan fingerprint density at radius 2 is 1.80 bits per heavy atom. The van der Waals surface area contributed by atoms with Gasteiger partial charge in [-0.2, -0.15) is 0 Å². The molecule has 0 heterocycles. The van der Waals surface area contributed by atoms with Crippen LogP contribution in [0.1, 0.15) is 5.56 Å². The first-order valence-corrected chi connectivity index (χ1v) is 4.31. The van der Waals surface area contributed by atoms with Crippen molar-refractivity contribution in [1.29, 1.82) is 0 Å². The highest BCUT2D eigenvalue weighted by molar-refractivity contribution is 5.84. The number of carbonyl (C=O) groups is 1. The third-order valence-corrected chi connectivity index (χ3v) is 1.97. The first-order valence-electron chi connectivity index (χ1n) is 4.31. The van der Waals surface area contributed by atoms with Crippen LogP contribution in [0.5, 0.6) is 11.5 Å². The van der Waals surface area contributed by atoms with E-state index in [1.165, 1.54) is 14.2 Å². The van der Waals surface area contributed by atoms with E-state index in [1.54, 1.807) is 19.1 Å². The van der Waals surface area contributed by atoms with Crippen molar-refractivity contribution >= 4 is 11.8 Å². The molecular formula is C10H13NO4. The number of nitrogens with one attached hydrogen (secondary N) is 1. The van der Waals surface area contributed by atoms with Crippen LogP contribution in [-0.4, -0.2) is 25.4 Å². The Hall–Kier alpha value is -1.91. The quantitative estimate of drug-likeness (QED) is 0.803. The third kappa shape index (κ3) is 2.52. The summed E-state index contributed by atoms with van der Waals surface area (Å²) in [6.45, 7) is 1.78. The molecule has 1 aromatic carbocycles. The predicted molar refractivity (Wildman–Crippen MR) is 55.9 cm³/mol. The molecule has 0 aliphatic rings. The third-order valence-electron chi connectivity index (χ3n) is 1.97. The van der Waals surface area contributed by atoms with E-state index >= 15 is 0 Å². The van der Waals surface area contributed by atoms with E-state index in [2.05, 4.69) is 5.32 Å². The molecule has 1 aromatic rings. The smallest absolute Gasteiger partial charge is 0.409 e. The maximum absolute atomic E-state index is 10.5. The number of benzene rings is 1. The van der Waals surface area contributed by atoms with E-state index in [-0.39, 0.29) is 0 Å². The normalized spacial score (nSPS) is 9.53. The molecule has 0 saturated heterocycles. The van der Waals surface area contributed by atoms with Crippen molar-refractivity contribution in [3.8, 4) is 11.5 Å². The minimum absolute atomic E-state index is 0.486. The van der Waals surface area contributed by atoms with Gasteiger partial charge < -0.3 is 14.6 Å². The lowest BCUT2D eigenvalue weighted by Gasteiger charge is -2.12. The maximum atomic E-state index is 10.5. The second-order valence-electron chi connectivity index (χ2n) is 2.95. The average Bonchev–Trinajstić information content (AvgIpc) is 2.19. The van der Waals surface area contributed by atoms with Gasteiger partial charge in [0, 0.05) is 6.07 Å². The Bertz CT molecular complexity index is 376. The summed E-state index contributed by atoms with van der Waals surface area (Å²) in [5, 5.41) is 10.9. The van der Waals surface area contributed by atoms with Gasteiger partial charge in [0.2, 0.25) is 0 Å². The van der Waals surface area contributed by atoms with Gasteiger partial charge in [0.05, 0.1) is 19.9 Å². The number of anilines is 1. The minimum atomic E-state index is -1.11. The summed E-state index contributed by atoms with van der Waals surface area (Å²) in [6, 6.07) is 3.30. The van der Waals surface area contributed by atoms with Gasteiger partial charge in [0.15, 0.2) is 11.5 Å². The van der Waals surface area contributed by atoms with Crippen molar-refractivity contribution in [2.24, 2.45) is 0 Å². The number of aryl methyl sites for hydroxylation is 1. The lowest BCUT2D eigenvalue weighted by atomic mass is 10.2. The molecular weight excluding hydrogens is 198 g/mol. The molecule has 5 nitrogen and oxygen atoms in total. The zero-order valence-electron chi connectivity index (χ0n) is 8.83. The first kappa shape index (κ1) is 11.2. The molecule has 1 rings (SSSR count). The van der Waals surface area contributed by atoms with Crippen LogP contribution in [0, 0.1) is 6.92 Å². The molecule has 0 atom stereocenters. The van der Waals surface area contributed by atoms with Gasteiger partial charge in [0.1, 0.15) is 0 Å². The van der Waals surface area contributed by atoms with Gasteiger partial charge in [-0.25, -0.2) is 4.79 Å². The number of ether oxygens (including phenoxy) is 2. The van der Waals surface area contributed by atoms with Crippen LogP contribution in [0.4, 0.5) is 10.5 Å². The largest absolute Gasteiger partial charge is 0.493 e. The highest BCUT2D eigenvalue weighted by Crippen LogP contribution is 2.32. The molecule has 15 heavy (non-hydrogen) atoms. The number of amides is 1. The van der Waals surface area contributed by atoms with Crippen LogP contribution in [0.2, 0.25) is 0 Å². The molecule has 0 aromatic heterocycles. The molecule has 82 valence electrons. The Labute approximate surface area is 87.6 Å². The number of carboxylic acid groups (broad SMARTS) is 1. The molecule has 0 radical (unpaired) electrons. The lowest BCUT2D eigenvalue weighted by Crippen LogP contribution is -2.08. The van der Waals surface area contributed by atoms with E-state index in [0.717, 1.165) is 5.56 Å². The zero-order chi connectivity index (χ0) is 11.4. The van der Waals surface area contributed by atoms with Gasteiger partial charge in [0.25, 0.3) is 0 Å². The van der Waals surface area contributed by atoms with Crippen LogP contribution in [0.15, 0.2) is 12.1 Å². The van der Waals surface area contributed by atoms with Crippen molar-refractivity contribution in [2.75, 3.05) is 19.5 Å². The second-order valence-corrected chi connectivity index (χ2v) is 2.95. The Morgan fingerprint density at radius 1 is 1.27 bits per heavy atom. The van der Waals surface area contributed by atoms with Crippen LogP contribution >= 0.6 is 0 Å². The molecule has 2 N–H and O–H groups in total. The SMILES string of the molecule is COc1cc(C)c(NC(=O)O)cc1OC. The summed E-state index contributed by atoms with van der Waals surface area (Å²) >= 11 is 0. The van der Waals surface area contributed by atoms with Gasteiger partial charge >= 0.3 is 6.09 Å².